The van der Waals surface area contributed by atoms with E-state index in [1.165, 1.54) is 6.42 Å². The summed E-state index contributed by atoms with van der Waals surface area (Å²) >= 11 is 0. The molecule has 4 heteroatoms. The molecule has 1 saturated carbocycles. The van der Waals surface area contributed by atoms with Gasteiger partial charge in [0, 0.05) is 19.6 Å². The van der Waals surface area contributed by atoms with Gasteiger partial charge in [0.05, 0.1) is 0 Å². The molecule has 2 rings (SSSR count). The summed E-state index contributed by atoms with van der Waals surface area (Å²) in [6.07, 6.45) is 1.42. The zero-order valence-corrected chi connectivity index (χ0v) is 9.03. The highest BCUT2D eigenvalue weighted by Crippen LogP contribution is 2.44. The standard InChI is InChI=1S/C10H20N4/c1-7(2)4-12-10(13-11)14-5-8-3-9(8)6-14/h7-9H,3-6,11H2,1-2H3,(H,12,13). The lowest BCUT2D eigenvalue weighted by Gasteiger charge is -2.21. The minimum absolute atomic E-state index is 0.593. The number of fused-ring (bicyclic) bond motifs is 1. The van der Waals surface area contributed by atoms with Crippen LogP contribution in [-0.2, 0) is 0 Å². The van der Waals surface area contributed by atoms with Crippen molar-refractivity contribution in [1.82, 2.24) is 10.3 Å². The number of aliphatic imine (C=N–C) groups is 1. The number of hydrogen-bond acceptors (Lipinski definition) is 2. The topological polar surface area (TPSA) is 53.6 Å². The molecule has 3 N–H and O–H groups in total. The number of guanidine groups is 1. The number of nitrogens with zero attached hydrogens (tertiary/aromatic N) is 2. The van der Waals surface area contributed by atoms with Gasteiger partial charge in [0.1, 0.15) is 0 Å². The zero-order chi connectivity index (χ0) is 10.1. The molecule has 0 aromatic heterocycles. The number of likely N-dealkylation sites (tertiary alicyclic amines) is 1. The van der Waals surface area contributed by atoms with Gasteiger partial charge in [-0.2, -0.15) is 0 Å². The molecule has 0 amide bonds. The Bertz CT molecular complexity index is 226. The highest BCUT2D eigenvalue weighted by molar-refractivity contribution is 5.79. The first-order valence-corrected chi connectivity index (χ1v) is 5.46. The highest BCUT2D eigenvalue weighted by Gasteiger charge is 2.45. The van der Waals surface area contributed by atoms with E-state index < -0.39 is 0 Å². The third-order valence-corrected chi connectivity index (χ3v) is 3.01. The molecule has 0 radical (unpaired) electrons. The lowest BCUT2D eigenvalue weighted by molar-refractivity contribution is 0.440. The second-order valence-corrected chi connectivity index (χ2v) is 4.86. The first-order chi connectivity index (χ1) is 6.70. The largest absolute Gasteiger partial charge is 0.341 e. The molecule has 2 fully saturated rings. The molecule has 4 nitrogen and oxygen atoms in total. The second-order valence-electron chi connectivity index (χ2n) is 4.86. The Morgan fingerprint density at radius 3 is 2.64 bits per heavy atom. The number of nitrogens with one attached hydrogen (secondary N) is 1. The Hall–Kier alpha value is -0.770. The molecule has 2 atom stereocenters. The molecule has 14 heavy (non-hydrogen) atoms. The summed E-state index contributed by atoms with van der Waals surface area (Å²) in [6, 6.07) is 0. The molecular weight excluding hydrogens is 176 g/mol. The van der Waals surface area contributed by atoms with Gasteiger partial charge in [-0.1, -0.05) is 13.8 Å². The lowest BCUT2D eigenvalue weighted by atomic mass is 10.2. The monoisotopic (exact) mass is 196 g/mol. The van der Waals surface area contributed by atoms with Gasteiger partial charge in [0.2, 0.25) is 5.96 Å². The first-order valence-electron chi connectivity index (χ1n) is 5.46. The van der Waals surface area contributed by atoms with Gasteiger partial charge < -0.3 is 4.90 Å². The summed E-state index contributed by atoms with van der Waals surface area (Å²) in [5.74, 6) is 8.80. The molecule has 0 aromatic carbocycles. The number of hydrazine groups is 1. The molecular formula is C10H20N4. The summed E-state index contributed by atoms with van der Waals surface area (Å²) in [5, 5.41) is 0. The fourth-order valence-electron chi connectivity index (χ4n) is 2.08. The quantitative estimate of drug-likeness (QED) is 0.291. The Balaban J connectivity index is 1.88. The maximum atomic E-state index is 5.48. The molecule has 0 spiro atoms. The third-order valence-electron chi connectivity index (χ3n) is 3.01. The highest BCUT2D eigenvalue weighted by atomic mass is 15.4. The van der Waals surface area contributed by atoms with Crippen LogP contribution in [0.1, 0.15) is 20.3 Å². The van der Waals surface area contributed by atoms with Crippen molar-refractivity contribution in [3.8, 4) is 0 Å². The van der Waals surface area contributed by atoms with Gasteiger partial charge in [-0.25, -0.2) is 5.84 Å². The number of rotatable bonds is 2. The van der Waals surface area contributed by atoms with Crippen molar-refractivity contribution < 1.29 is 0 Å². The van der Waals surface area contributed by atoms with E-state index in [0.717, 1.165) is 37.4 Å². The molecule has 2 aliphatic rings. The van der Waals surface area contributed by atoms with E-state index in [-0.39, 0.29) is 0 Å². The first kappa shape index (κ1) is 9.77. The van der Waals surface area contributed by atoms with E-state index in [1.54, 1.807) is 0 Å². The third kappa shape index (κ3) is 2.00. The summed E-state index contributed by atoms with van der Waals surface area (Å²) in [5.41, 5.74) is 2.72. The van der Waals surface area contributed by atoms with Crippen molar-refractivity contribution in [3.05, 3.63) is 0 Å². The summed E-state index contributed by atoms with van der Waals surface area (Å²) in [6.45, 7) is 7.47. The fraction of sp³-hybridized carbons (Fsp3) is 0.900. The van der Waals surface area contributed by atoms with Crippen LogP contribution in [0.15, 0.2) is 4.99 Å². The number of piperidine rings is 1. The van der Waals surface area contributed by atoms with Crippen molar-refractivity contribution in [1.29, 1.82) is 0 Å². The van der Waals surface area contributed by atoms with E-state index in [4.69, 9.17) is 5.84 Å². The number of hydrogen-bond donors (Lipinski definition) is 2. The summed E-state index contributed by atoms with van der Waals surface area (Å²) < 4.78 is 0. The molecule has 1 aliphatic heterocycles. The van der Waals surface area contributed by atoms with Gasteiger partial charge in [-0.05, 0) is 24.2 Å². The maximum Gasteiger partial charge on any atom is 0.208 e. The van der Waals surface area contributed by atoms with Gasteiger partial charge >= 0.3 is 0 Å². The molecule has 80 valence electrons. The van der Waals surface area contributed by atoms with Crippen LogP contribution in [0.25, 0.3) is 0 Å². The molecule has 1 heterocycles. The van der Waals surface area contributed by atoms with Crippen LogP contribution in [0.3, 0.4) is 0 Å². The van der Waals surface area contributed by atoms with E-state index in [0.29, 0.717) is 5.92 Å². The van der Waals surface area contributed by atoms with Crippen molar-refractivity contribution in [2.24, 2.45) is 28.6 Å². The van der Waals surface area contributed by atoms with Crippen LogP contribution >= 0.6 is 0 Å². The smallest absolute Gasteiger partial charge is 0.208 e. The lowest BCUT2D eigenvalue weighted by Crippen LogP contribution is -2.44. The van der Waals surface area contributed by atoms with Crippen LogP contribution in [0.4, 0.5) is 0 Å². The van der Waals surface area contributed by atoms with Crippen molar-refractivity contribution in [2.45, 2.75) is 20.3 Å². The molecule has 2 unspecified atom stereocenters. The van der Waals surface area contributed by atoms with Crippen LogP contribution < -0.4 is 11.3 Å². The minimum Gasteiger partial charge on any atom is -0.341 e. The van der Waals surface area contributed by atoms with Crippen LogP contribution in [0, 0.1) is 17.8 Å². The second kappa shape index (κ2) is 3.77. The van der Waals surface area contributed by atoms with Crippen LogP contribution in [0.5, 0.6) is 0 Å². The summed E-state index contributed by atoms with van der Waals surface area (Å²) in [4.78, 5) is 6.76. The van der Waals surface area contributed by atoms with E-state index in [1.807, 2.05) is 0 Å². The van der Waals surface area contributed by atoms with Crippen LogP contribution in [-0.4, -0.2) is 30.5 Å². The van der Waals surface area contributed by atoms with Gasteiger partial charge in [0.15, 0.2) is 0 Å². The molecule has 1 saturated heterocycles. The molecule has 0 bridgehead atoms. The van der Waals surface area contributed by atoms with E-state index in [2.05, 4.69) is 29.2 Å². The Kier molecular flexibility index (Phi) is 2.63. The maximum absolute atomic E-state index is 5.48. The Morgan fingerprint density at radius 1 is 1.50 bits per heavy atom. The van der Waals surface area contributed by atoms with Crippen LogP contribution in [0.2, 0.25) is 0 Å². The predicted molar refractivity (Wildman–Crippen MR) is 57.6 cm³/mol. The fourth-order valence-corrected chi connectivity index (χ4v) is 2.08. The zero-order valence-electron chi connectivity index (χ0n) is 9.03. The Morgan fingerprint density at radius 2 is 2.14 bits per heavy atom. The average molecular weight is 196 g/mol. The summed E-state index contributed by atoms with van der Waals surface area (Å²) in [7, 11) is 0. The Labute approximate surface area is 85.5 Å². The van der Waals surface area contributed by atoms with Crippen molar-refractivity contribution >= 4 is 5.96 Å². The normalized spacial score (nSPS) is 30.9. The molecule has 1 aliphatic carbocycles. The van der Waals surface area contributed by atoms with Crippen molar-refractivity contribution in [3.63, 3.8) is 0 Å². The predicted octanol–water partition coefficient (Wildman–Crippen LogP) is 0.413. The molecule has 0 aromatic rings. The van der Waals surface area contributed by atoms with E-state index >= 15 is 0 Å². The average Bonchev–Trinajstić information content (AvgIpc) is 2.75. The van der Waals surface area contributed by atoms with Crippen molar-refractivity contribution in [2.75, 3.05) is 19.6 Å². The minimum atomic E-state index is 0.593. The van der Waals surface area contributed by atoms with E-state index in [9.17, 15) is 0 Å². The SMILES string of the molecule is CC(C)CN=C(NN)N1CC2CC2C1. The van der Waals surface area contributed by atoms with Gasteiger partial charge in [-0.15, -0.1) is 0 Å². The number of nitrogens with two attached hydrogens (primary N) is 1. The van der Waals surface area contributed by atoms with Gasteiger partial charge in [-0.3, -0.25) is 10.4 Å². The van der Waals surface area contributed by atoms with Gasteiger partial charge in [0.25, 0.3) is 0 Å².